The lowest BCUT2D eigenvalue weighted by molar-refractivity contribution is 0.0949. The van der Waals surface area contributed by atoms with Crippen LogP contribution in [0.3, 0.4) is 0 Å². The molecule has 1 N–H and O–H groups in total. The average Bonchev–Trinajstić information content (AvgIpc) is 2.43. The van der Waals surface area contributed by atoms with Gasteiger partial charge in [0.15, 0.2) is 0 Å². The monoisotopic (exact) mass is 248 g/mol. The largest absolute Gasteiger partial charge is 0.351 e. The van der Waals surface area contributed by atoms with Crippen molar-refractivity contribution in [2.24, 2.45) is 0 Å². The molecular formula is C15H24N2O. The molecule has 0 aromatic heterocycles. The molecule has 3 heteroatoms. The number of hydrogen-bond donors (Lipinski definition) is 1. The van der Waals surface area contributed by atoms with E-state index < -0.39 is 0 Å². The van der Waals surface area contributed by atoms with E-state index in [4.69, 9.17) is 0 Å². The normalized spacial score (nSPS) is 10.7. The molecule has 0 aliphatic heterocycles. The highest BCUT2D eigenvalue weighted by atomic mass is 16.1. The fourth-order valence-corrected chi connectivity index (χ4v) is 1.86. The van der Waals surface area contributed by atoms with Crippen LogP contribution in [0, 0.1) is 0 Å². The number of likely N-dealkylation sites (N-methyl/N-ethyl adjacent to an activating group) is 1. The first kappa shape index (κ1) is 14.7. The minimum atomic E-state index is 0.0183. The SMILES string of the molecule is CCc1ccc(C(=O)NCCN(CC)CC)cc1. The number of rotatable bonds is 7. The molecule has 0 fully saturated rings. The quantitative estimate of drug-likeness (QED) is 0.803. The third-order valence-corrected chi connectivity index (χ3v) is 3.23. The van der Waals surface area contributed by atoms with Gasteiger partial charge in [0.1, 0.15) is 0 Å². The highest BCUT2D eigenvalue weighted by Crippen LogP contribution is 2.04. The minimum Gasteiger partial charge on any atom is -0.351 e. The molecular weight excluding hydrogens is 224 g/mol. The van der Waals surface area contributed by atoms with Crippen molar-refractivity contribution in [3.8, 4) is 0 Å². The van der Waals surface area contributed by atoms with Crippen molar-refractivity contribution in [2.75, 3.05) is 26.2 Å². The lowest BCUT2D eigenvalue weighted by Crippen LogP contribution is -2.34. The molecule has 0 saturated carbocycles. The van der Waals surface area contributed by atoms with Gasteiger partial charge >= 0.3 is 0 Å². The van der Waals surface area contributed by atoms with E-state index in [0.717, 1.165) is 31.6 Å². The third kappa shape index (κ3) is 4.49. The lowest BCUT2D eigenvalue weighted by atomic mass is 10.1. The summed E-state index contributed by atoms with van der Waals surface area (Å²) in [6.45, 7) is 10.0. The zero-order valence-corrected chi connectivity index (χ0v) is 11.7. The van der Waals surface area contributed by atoms with E-state index in [2.05, 4.69) is 31.0 Å². The first-order chi connectivity index (χ1) is 8.71. The van der Waals surface area contributed by atoms with Crippen LogP contribution >= 0.6 is 0 Å². The summed E-state index contributed by atoms with van der Waals surface area (Å²) >= 11 is 0. The number of benzene rings is 1. The van der Waals surface area contributed by atoms with Crippen LogP contribution in [0.5, 0.6) is 0 Å². The topological polar surface area (TPSA) is 32.3 Å². The van der Waals surface area contributed by atoms with Crippen LogP contribution < -0.4 is 5.32 Å². The Balaban J connectivity index is 2.40. The molecule has 0 spiro atoms. The Morgan fingerprint density at radius 3 is 2.22 bits per heavy atom. The summed E-state index contributed by atoms with van der Waals surface area (Å²) in [6, 6.07) is 7.82. The standard InChI is InChI=1S/C15H24N2O/c1-4-13-7-9-14(10-8-13)15(18)16-11-12-17(5-2)6-3/h7-10H,4-6,11-12H2,1-3H3,(H,16,18). The molecule has 1 aromatic carbocycles. The number of aryl methyl sites for hydroxylation is 1. The zero-order chi connectivity index (χ0) is 13.4. The summed E-state index contributed by atoms with van der Waals surface area (Å²) in [7, 11) is 0. The van der Waals surface area contributed by atoms with Gasteiger partial charge in [-0.3, -0.25) is 4.79 Å². The van der Waals surface area contributed by atoms with Crippen molar-refractivity contribution >= 4 is 5.91 Å². The maximum Gasteiger partial charge on any atom is 0.251 e. The van der Waals surface area contributed by atoms with E-state index in [1.807, 2.05) is 24.3 Å². The van der Waals surface area contributed by atoms with E-state index in [1.165, 1.54) is 5.56 Å². The van der Waals surface area contributed by atoms with Gasteiger partial charge in [-0.25, -0.2) is 0 Å². The summed E-state index contributed by atoms with van der Waals surface area (Å²) in [6.07, 6.45) is 1.00. The van der Waals surface area contributed by atoms with Crippen molar-refractivity contribution in [1.29, 1.82) is 0 Å². The fourth-order valence-electron chi connectivity index (χ4n) is 1.86. The summed E-state index contributed by atoms with van der Waals surface area (Å²) in [5.74, 6) is 0.0183. The van der Waals surface area contributed by atoms with Gasteiger partial charge in [0.2, 0.25) is 0 Å². The molecule has 0 atom stereocenters. The van der Waals surface area contributed by atoms with Gasteiger partial charge < -0.3 is 10.2 Å². The second kappa shape index (κ2) is 7.88. The van der Waals surface area contributed by atoms with E-state index >= 15 is 0 Å². The van der Waals surface area contributed by atoms with Gasteiger partial charge in [0, 0.05) is 18.7 Å². The van der Waals surface area contributed by atoms with Gasteiger partial charge in [0.05, 0.1) is 0 Å². The Labute approximate surface area is 110 Å². The molecule has 0 heterocycles. The van der Waals surface area contributed by atoms with Crippen molar-refractivity contribution in [2.45, 2.75) is 27.2 Å². The van der Waals surface area contributed by atoms with Crippen LogP contribution in [0.2, 0.25) is 0 Å². The van der Waals surface area contributed by atoms with E-state index in [9.17, 15) is 4.79 Å². The van der Waals surface area contributed by atoms with E-state index in [-0.39, 0.29) is 5.91 Å². The molecule has 3 nitrogen and oxygen atoms in total. The van der Waals surface area contributed by atoms with Crippen molar-refractivity contribution in [1.82, 2.24) is 10.2 Å². The van der Waals surface area contributed by atoms with Crippen LogP contribution in [0.15, 0.2) is 24.3 Å². The maximum absolute atomic E-state index is 11.9. The molecule has 0 bridgehead atoms. The van der Waals surface area contributed by atoms with Crippen molar-refractivity contribution in [3.05, 3.63) is 35.4 Å². The fraction of sp³-hybridized carbons (Fsp3) is 0.533. The van der Waals surface area contributed by atoms with Crippen LogP contribution in [-0.2, 0) is 6.42 Å². The molecule has 0 radical (unpaired) electrons. The Hall–Kier alpha value is -1.35. The second-order valence-electron chi connectivity index (χ2n) is 4.33. The molecule has 1 aromatic rings. The number of nitrogens with one attached hydrogen (secondary N) is 1. The van der Waals surface area contributed by atoms with Crippen LogP contribution in [-0.4, -0.2) is 37.0 Å². The number of carbonyl (C=O) groups excluding carboxylic acids is 1. The second-order valence-corrected chi connectivity index (χ2v) is 4.33. The zero-order valence-electron chi connectivity index (χ0n) is 11.7. The first-order valence-corrected chi connectivity index (χ1v) is 6.80. The van der Waals surface area contributed by atoms with Crippen LogP contribution in [0.1, 0.15) is 36.7 Å². The predicted molar refractivity (Wildman–Crippen MR) is 75.9 cm³/mol. The third-order valence-electron chi connectivity index (χ3n) is 3.23. The maximum atomic E-state index is 11.9. The summed E-state index contributed by atoms with van der Waals surface area (Å²) in [4.78, 5) is 14.2. The van der Waals surface area contributed by atoms with Crippen LogP contribution in [0.25, 0.3) is 0 Å². The molecule has 18 heavy (non-hydrogen) atoms. The minimum absolute atomic E-state index is 0.0183. The molecule has 1 amide bonds. The molecule has 0 unspecified atom stereocenters. The highest BCUT2D eigenvalue weighted by molar-refractivity contribution is 5.94. The van der Waals surface area contributed by atoms with Gasteiger partial charge in [0.25, 0.3) is 5.91 Å². The van der Waals surface area contributed by atoms with E-state index in [0.29, 0.717) is 6.54 Å². The van der Waals surface area contributed by atoms with Gasteiger partial charge in [-0.05, 0) is 37.2 Å². The number of hydrogen-bond acceptors (Lipinski definition) is 2. The Morgan fingerprint density at radius 2 is 1.72 bits per heavy atom. The molecule has 1 rings (SSSR count). The molecule has 100 valence electrons. The summed E-state index contributed by atoms with van der Waals surface area (Å²) in [5, 5.41) is 2.95. The molecule has 0 aliphatic carbocycles. The smallest absolute Gasteiger partial charge is 0.251 e. The van der Waals surface area contributed by atoms with Gasteiger partial charge in [-0.15, -0.1) is 0 Å². The van der Waals surface area contributed by atoms with Gasteiger partial charge in [-0.1, -0.05) is 32.9 Å². The molecule has 0 aliphatic rings. The summed E-state index contributed by atoms with van der Waals surface area (Å²) < 4.78 is 0. The molecule has 0 saturated heterocycles. The number of amides is 1. The Bertz CT molecular complexity index is 355. The number of carbonyl (C=O) groups is 1. The first-order valence-electron chi connectivity index (χ1n) is 6.80. The van der Waals surface area contributed by atoms with Crippen molar-refractivity contribution < 1.29 is 4.79 Å². The highest BCUT2D eigenvalue weighted by Gasteiger charge is 2.05. The average molecular weight is 248 g/mol. The Kier molecular flexibility index (Phi) is 6.44. The van der Waals surface area contributed by atoms with Crippen molar-refractivity contribution in [3.63, 3.8) is 0 Å². The number of nitrogens with zero attached hydrogens (tertiary/aromatic N) is 1. The Morgan fingerprint density at radius 1 is 1.11 bits per heavy atom. The summed E-state index contributed by atoms with van der Waals surface area (Å²) in [5.41, 5.74) is 2.00. The predicted octanol–water partition coefficient (Wildman–Crippen LogP) is 2.32. The van der Waals surface area contributed by atoms with Crippen LogP contribution in [0.4, 0.5) is 0 Å². The van der Waals surface area contributed by atoms with Gasteiger partial charge in [-0.2, -0.15) is 0 Å². The lowest BCUT2D eigenvalue weighted by Gasteiger charge is -2.17. The van der Waals surface area contributed by atoms with E-state index in [1.54, 1.807) is 0 Å².